The van der Waals surface area contributed by atoms with Crippen molar-refractivity contribution in [3.8, 4) is 5.88 Å². The number of ether oxygens (including phenoxy) is 1. The molecule has 0 unspecified atom stereocenters. The number of carbonyl (C=O) groups excluding carboxylic acids is 1. The lowest BCUT2D eigenvalue weighted by Gasteiger charge is -2.01. The summed E-state index contributed by atoms with van der Waals surface area (Å²) in [6.07, 6.45) is 0. The van der Waals surface area contributed by atoms with Crippen LogP contribution in [0.15, 0.2) is 44.1 Å². The Bertz CT molecular complexity index is 820. The second-order valence-electron chi connectivity index (χ2n) is 4.07. The fourth-order valence-electron chi connectivity index (χ4n) is 1.55. The van der Waals surface area contributed by atoms with Crippen LogP contribution in [-0.4, -0.2) is 27.7 Å². The largest absolute Gasteiger partial charge is 0.493 e. The molecule has 0 fully saturated rings. The van der Waals surface area contributed by atoms with Gasteiger partial charge in [0.2, 0.25) is 11.6 Å². The predicted octanol–water partition coefficient (Wildman–Crippen LogP) is 1.36. The molecule has 0 radical (unpaired) electrons. The van der Waals surface area contributed by atoms with Gasteiger partial charge < -0.3 is 9.84 Å². The van der Waals surface area contributed by atoms with Gasteiger partial charge >= 0.3 is 11.7 Å². The summed E-state index contributed by atoms with van der Waals surface area (Å²) in [4.78, 5) is 37.7. The summed E-state index contributed by atoms with van der Waals surface area (Å²) >= 11 is 0. The smallest absolute Gasteiger partial charge is 0.338 e. The maximum Gasteiger partial charge on any atom is 0.338 e. The highest BCUT2D eigenvalue weighted by Gasteiger charge is 2.08. The van der Waals surface area contributed by atoms with Crippen LogP contribution in [0.1, 0.15) is 17.3 Å². The molecule has 0 atom stereocenters. The standard InChI is InChI=1S/C13H12N4O5/c1-2-22-12(20)7-3-5-8(6-4-7)16-17-9-10(18)14-13(21)15-11(9)19/h3-6H,2H2,1H3,(H3,14,15,18,19,21). The number of H-pyrrole nitrogens is 2. The van der Waals surface area contributed by atoms with Gasteiger partial charge in [-0.3, -0.25) is 14.8 Å². The summed E-state index contributed by atoms with van der Waals surface area (Å²) in [5.41, 5.74) is -1.44. The minimum Gasteiger partial charge on any atom is -0.493 e. The van der Waals surface area contributed by atoms with E-state index in [0.717, 1.165) is 0 Å². The molecule has 9 nitrogen and oxygen atoms in total. The predicted molar refractivity (Wildman–Crippen MR) is 75.9 cm³/mol. The molecule has 0 spiro atoms. The zero-order valence-electron chi connectivity index (χ0n) is 11.5. The average Bonchev–Trinajstić information content (AvgIpc) is 2.47. The number of aromatic amines is 2. The highest BCUT2D eigenvalue weighted by atomic mass is 16.5. The van der Waals surface area contributed by atoms with Crippen LogP contribution in [0.25, 0.3) is 0 Å². The maximum absolute atomic E-state index is 11.5. The quantitative estimate of drug-likeness (QED) is 0.578. The van der Waals surface area contributed by atoms with Crippen LogP contribution in [0.3, 0.4) is 0 Å². The number of rotatable bonds is 4. The van der Waals surface area contributed by atoms with E-state index >= 15 is 0 Å². The molecule has 2 aromatic rings. The Kier molecular flexibility index (Phi) is 4.47. The van der Waals surface area contributed by atoms with Crippen molar-refractivity contribution >= 4 is 17.3 Å². The van der Waals surface area contributed by atoms with E-state index in [0.29, 0.717) is 11.3 Å². The van der Waals surface area contributed by atoms with Crippen molar-refractivity contribution in [1.29, 1.82) is 0 Å². The number of benzene rings is 1. The molecular formula is C13H12N4O5. The number of hydrogen-bond donors (Lipinski definition) is 3. The number of esters is 1. The molecule has 1 aromatic heterocycles. The molecule has 0 aliphatic carbocycles. The van der Waals surface area contributed by atoms with Gasteiger partial charge in [0, 0.05) is 0 Å². The first kappa shape index (κ1) is 15.2. The van der Waals surface area contributed by atoms with Crippen molar-refractivity contribution in [2.24, 2.45) is 10.2 Å². The van der Waals surface area contributed by atoms with E-state index in [1.807, 2.05) is 9.97 Å². The van der Waals surface area contributed by atoms with Crippen LogP contribution in [0.2, 0.25) is 0 Å². The molecule has 2 rings (SSSR count). The average molecular weight is 304 g/mol. The first-order chi connectivity index (χ1) is 10.5. The first-order valence-electron chi connectivity index (χ1n) is 6.25. The van der Waals surface area contributed by atoms with E-state index in [9.17, 15) is 19.5 Å². The van der Waals surface area contributed by atoms with E-state index in [4.69, 9.17) is 4.74 Å². The van der Waals surface area contributed by atoms with Gasteiger partial charge in [0.05, 0.1) is 17.9 Å². The number of hydrogen-bond acceptors (Lipinski definition) is 7. The molecule has 22 heavy (non-hydrogen) atoms. The second-order valence-corrected chi connectivity index (χ2v) is 4.07. The highest BCUT2D eigenvalue weighted by molar-refractivity contribution is 5.89. The van der Waals surface area contributed by atoms with Gasteiger partial charge in [0.15, 0.2) is 0 Å². The molecule has 1 aromatic carbocycles. The van der Waals surface area contributed by atoms with Crippen molar-refractivity contribution in [1.82, 2.24) is 9.97 Å². The van der Waals surface area contributed by atoms with Crippen molar-refractivity contribution < 1.29 is 14.6 Å². The van der Waals surface area contributed by atoms with Gasteiger partial charge in [0.1, 0.15) is 0 Å². The van der Waals surface area contributed by atoms with Crippen LogP contribution >= 0.6 is 0 Å². The van der Waals surface area contributed by atoms with Crippen LogP contribution < -0.4 is 11.2 Å². The van der Waals surface area contributed by atoms with Crippen LogP contribution in [0.4, 0.5) is 11.4 Å². The SMILES string of the molecule is CCOC(=O)c1ccc(N=Nc2c(O)[nH]c(=O)[nH]c2=O)cc1. The molecule has 9 heteroatoms. The summed E-state index contributed by atoms with van der Waals surface area (Å²) < 4.78 is 4.83. The molecule has 0 bridgehead atoms. The maximum atomic E-state index is 11.5. The van der Waals surface area contributed by atoms with Gasteiger partial charge in [-0.25, -0.2) is 9.59 Å². The fraction of sp³-hybridized carbons (Fsp3) is 0.154. The van der Waals surface area contributed by atoms with Crippen molar-refractivity contribution in [3.05, 3.63) is 50.7 Å². The Morgan fingerprint density at radius 2 is 1.86 bits per heavy atom. The number of azo groups is 1. The molecule has 3 N–H and O–H groups in total. The van der Waals surface area contributed by atoms with Gasteiger partial charge in [-0.15, -0.1) is 5.11 Å². The summed E-state index contributed by atoms with van der Waals surface area (Å²) in [6, 6.07) is 5.96. The molecule has 0 saturated carbocycles. The second kappa shape index (κ2) is 6.48. The Hall–Kier alpha value is -3.23. The molecule has 0 amide bonds. The van der Waals surface area contributed by atoms with Gasteiger partial charge in [0.25, 0.3) is 5.56 Å². The zero-order valence-corrected chi connectivity index (χ0v) is 11.5. The third-order valence-corrected chi connectivity index (χ3v) is 2.54. The van der Waals surface area contributed by atoms with Crippen LogP contribution in [0, 0.1) is 0 Å². The first-order valence-corrected chi connectivity index (χ1v) is 6.25. The lowest BCUT2D eigenvalue weighted by atomic mass is 10.2. The number of carbonyl (C=O) groups is 1. The number of nitrogens with one attached hydrogen (secondary N) is 2. The Labute approximate surface area is 123 Å². The topological polar surface area (TPSA) is 137 Å². The lowest BCUT2D eigenvalue weighted by molar-refractivity contribution is 0.0526. The molecule has 0 aliphatic heterocycles. The summed E-state index contributed by atoms with van der Waals surface area (Å²) in [6.45, 7) is 1.98. The molecule has 114 valence electrons. The molecule has 1 heterocycles. The number of aromatic hydroxyl groups is 1. The van der Waals surface area contributed by atoms with E-state index in [2.05, 4.69) is 10.2 Å². The fourth-order valence-corrected chi connectivity index (χ4v) is 1.55. The van der Waals surface area contributed by atoms with Crippen LogP contribution in [0.5, 0.6) is 5.88 Å². The van der Waals surface area contributed by atoms with Gasteiger partial charge in [-0.05, 0) is 31.2 Å². The number of nitrogens with zero attached hydrogens (tertiary/aromatic N) is 2. The van der Waals surface area contributed by atoms with Crippen molar-refractivity contribution in [2.45, 2.75) is 6.92 Å². The van der Waals surface area contributed by atoms with Gasteiger partial charge in [-0.1, -0.05) is 0 Å². The summed E-state index contributed by atoms with van der Waals surface area (Å²) in [5.74, 6) is -1.14. The van der Waals surface area contributed by atoms with E-state index < -0.39 is 28.8 Å². The van der Waals surface area contributed by atoms with Crippen molar-refractivity contribution in [3.63, 3.8) is 0 Å². The summed E-state index contributed by atoms with van der Waals surface area (Å²) in [5, 5.41) is 16.8. The summed E-state index contributed by atoms with van der Waals surface area (Å²) in [7, 11) is 0. The third kappa shape index (κ3) is 3.45. The lowest BCUT2D eigenvalue weighted by Crippen LogP contribution is -2.20. The Morgan fingerprint density at radius 3 is 2.45 bits per heavy atom. The normalized spacial score (nSPS) is 10.8. The third-order valence-electron chi connectivity index (χ3n) is 2.54. The van der Waals surface area contributed by atoms with E-state index in [1.165, 1.54) is 24.3 Å². The van der Waals surface area contributed by atoms with Crippen molar-refractivity contribution in [2.75, 3.05) is 6.61 Å². The zero-order chi connectivity index (χ0) is 16.1. The van der Waals surface area contributed by atoms with E-state index in [-0.39, 0.29) is 6.61 Å². The number of aromatic nitrogens is 2. The minimum atomic E-state index is -0.867. The molecule has 0 saturated heterocycles. The van der Waals surface area contributed by atoms with Crippen LogP contribution in [-0.2, 0) is 4.74 Å². The molecule has 0 aliphatic rings. The van der Waals surface area contributed by atoms with Gasteiger partial charge in [-0.2, -0.15) is 5.11 Å². The van der Waals surface area contributed by atoms with E-state index in [1.54, 1.807) is 6.92 Å². The Balaban J connectivity index is 2.23. The minimum absolute atomic E-state index is 0.272. The Morgan fingerprint density at radius 1 is 1.18 bits per heavy atom. The molecular weight excluding hydrogens is 292 g/mol. The highest BCUT2D eigenvalue weighted by Crippen LogP contribution is 2.20. The monoisotopic (exact) mass is 304 g/mol.